The highest BCUT2D eigenvalue weighted by molar-refractivity contribution is 7.89. The molecule has 0 fully saturated rings. The van der Waals surface area contributed by atoms with Gasteiger partial charge in [0.05, 0.1) is 12.0 Å². The van der Waals surface area contributed by atoms with Crippen molar-refractivity contribution in [3.63, 3.8) is 0 Å². The van der Waals surface area contributed by atoms with E-state index in [1.807, 2.05) is 0 Å². The van der Waals surface area contributed by atoms with E-state index in [1.54, 1.807) is 22.4 Å². The molecule has 4 rings (SSSR count). The second kappa shape index (κ2) is 6.54. The minimum Gasteiger partial charge on any atom is -0.339 e. The van der Waals surface area contributed by atoms with Crippen LogP contribution in [0.15, 0.2) is 41.9 Å². The summed E-state index contributed by atoms with van der Waals surface area (Å²) in [4.78, 5) is 8.29. The third kappa shape index (κ3) is 3.50. The van der Waals surface area contributed by atoms with Crippen LogP contribution in [0.5, 0.6) is 0 Å². The van der Waals surface area contributed by atoms with Gasteiger partial charge in [0, 0.05) is 50.1 Å². The van der Waals surface area contributed by atoms with E-state index in [4.69, 9.17) is 0 Å². The lowest BCUT2D eigenvalue weighted by molar-refractivity contribution is 0.420. The maximum Gasteiger partial charge on any atom is 0.259 e. The molecule has 0 radical (unpaired) electrons. The molecule has 1 aromatic carbocycles. The van der Waals surface area contributed by atoms with Gasteiger partial charge in [-0.1, -0.05) is 0 Å². The summed E-state index contributed by atoms with van der Waals surface area (Å²) in [5.41, 5.74) is 0.611. The van der Waals surface area contributed by atoms with Crippen LogP contribution >= 0.6 is 0 Å². The number of hydrogen-bond donors (Lipinski definition) is 1. The zero-order valence-electron chi connectivity index (χ0n) is 14.4. The van der Waals surface area contributed by atoms with Gasteiger partial charge in [0.15, 0.2) is 5.03 Å². The molecule has 0 saturated carbocycles. The molecule has 0 saturated heterocycles. The monoisotopic (exact) mass is 393 g/mol. The Labute approximate surface area is 154 Å². The molecule has 1 N–H and O–H groups in total. The van der Waals surface area contributed by atoms with E-state index in [0.717, 1.165) is 11.9 Å². The van der Waals surface area contributed by atoms with Crippen LogP contribution in [-0.2, 0) is 30.0 Å². The zero-order valence-corrected chi connectivity index (χ0v) is 15.2. The van der Waals surface area contributed by atoms with Crippen LogP contribution in [0.2, 0.25) is 0 Å². The van der Waals surface area contributed by atoms with Crippen molar-refractivity contribution in [1.82, 2.24) is 23.8 Å². The van der Waals surface area contributed by atoms with Gasteiger partial charge < -0.3 is 9.13 Å². The van der Waals surface area contributed by atoms with Crippen molar-refractivity contribution in [1.29, 1.82) is 0 Å². The van der Waals surface area contributed by atoms with Crippen molar-refractivity contribution in [3.8, 4) is 11.3 Å². The third-order valence-corrected chi connectivity index (χ3v) is 5.88. The second-order valence-electron chi connectivity index (χ2n) is 6.55. The highest BCUT2D eigenvalue weighted by Gasteiger charge is 2.27. The molecule has 27 heavy (non-hydrogen) atoms. The molecule has 0 bridgehead atoms. The molecule has 1 aliphatic rings. The van der Waals surface area contributed by atoms with Gasteiger partial charge in [-0.15, -0.1) is 0 Å². The third-order valence-electron chi connectivity index (χ3n) is 4.48. The van der Waals surface area contributed by atoms with Gasteiger partial charge in [-0.25, -0.2) is 31.9 Å². The summed E-state index contributed by atoms with van der Waals surface area (Å²) >= 11 is 0. The second-order valence-corrected chi connectivity index (χ2v) is 8.21. The Morgan fingerprint density at radius 3 is 2.78 bits per heavy atom. The van der Waals surface area contributed by atoms with Crippen LogP contribution in [0.25, 0.3) is 11.3 Å². The van der Waals surface area contributed by atoms with E-state index < -0.39 is 21.7 Å². The van der Waals surface area contributed by atoms with Gasteiger partial charge in [-0.2, -0.15) is 0 Å². The van der Waals surface area contributed by atoms with Gasteiger partial charge in [0.2, 0.25) is 0 Å². The average Bonchev–Trinajstić information content (AvgIpc) is 3.20. The van der Waals surface area contributed by atoms with Crippen LogP contribution in [0, 0.1) is 11.6 Å². The number of halogens is 2. The Morgan fingerprint density at radius 2 is 2.07 bits per heavy atom. The van der Waals surface area contributed by atoms with E-state index in [-0.39, 0.29) is 16.6 Å². The summed E-state index contributed by atoms with van der Waals surface area (Å²) in [7, 11) is -2.02. The van der Waals surface area contributed by atoms with Crippen LogP contribution < -0.4 is 4.72 Å². The Morgan fingerprint density at radius 1 is 1.26 bits per heavy atom. The van der Waals surface area contributed by atoms with Gasteiger partial charge >= 0.3 is 0 Å². The molecule has 0 amide bonds. The Balaban J connectivity index is 1.54. The molecule has 0 spiro atoms. The summed E-state index contributed by atoms with van der Waals surface area (Å²) in [5, 5.41) is -0.0319. The highest BCUT2D eigenvalue weighted by Crippen LogP contribution is 2.26. The first-order chi connectivity index (χ1) is 12.8. The quantitative estimate of drug-likeness (QED) is 0.734. The first-order valence-electron chi connectivity index (χ1n) is 8.33. The Hall–Kier alpha value is -2.59. The molecule has 3 heterocycles. The topological polar surface area (TPSA) is 81.8 Å². The smallest absolute Gasteiger partial charge is 0.259 e. The summed E-state index contributed by atoms with van der Waals surface area (Å²) in [5.74, 6) is -0.593. The lowest BCUT2D eigenvalue weighted by Crippen LogP contribution is -2.40. The van der Waals surface area contributed by atoms with Crippen LogP contribution in [0.4, 0.5) is 8.78 Å². The van der Waals surface area contributed by atoms with Crippen molar-refractivity contribution in [3.05, 3.63) is 54.4 Å². The predicted molar refractivity (Wildman–Crippen MR) is 93.2 cm³/mol. The van der Waals surface area contributed by atoms with Crippen LogP contribution in [-0.4, -0.2) is 33.6 Å². The normalized spacial score (nSPS) is 17.1. The largest absolute Gasteiger partial charge is 0.339 e. The van der Waals surface area contributed by atoms with E-state index >= 15 is 0 Å². The van der Waals surface area contributed by atoms with Crippen molar-refractivity contribution in [2.45, 2.75) is 30.5 Å². The molecule has 1 aliphatic heterocycles. The molecule has 2 aromatic heterocycles. The number of fused-ring (bicyclic) bond motifs is 1. The zero-order chi connectivity index (χ0) is 19.2. The summed E-state index contributed by atoms with van der Waals surface area (Å²) in [6.07, 6.45) is 5.62. The van der Waals surface area contributed by atoms with E-state index in [2.05, 4.69) is 14.7 Å². The van der Waals surface area contributed by atoms with Gasteiger partial charge in [0.25, 0.3) is 10.0 Å². The molecule has 1 atom stereocenters. The van der Waals surface area contributed by atoms with Crippen LogP contribution in [0.1, 0.15) is 12.2 Å². The van der Waals surface area contributed by atoms with Gasteiger partial charge in [0.1, 0.15) is 17.5 Å². The van der Waals surface area contributed by atoms with E-state index in [1.165, 1.54) is 24.7 Å². The fraction of sp³-hybridized carbons (Fsp3) is 0.294. The number of aryl methyl sites for hydroxylation is 2. The minimum atomic E-state index is -3.72. The maximum absolute atomic E-state index is 14.0. The van der Waals surface area contributed by atoms with Gasteiger partial charge in [-0.05, 0) is 18.6 Å². The lowest BCUT2D eigenvalue weighted by Gasteiger charge is -2.24. The number of sulfonamides is 1. The minimum absolute atomic E-state index is 0.0319. The SMILES string of the molecule is Cn1cnc(S(=O)(=O)NC2CCc3nc(-c4ccc(F)cc4F)cn3C2)c1. The number of aromatic nitrogens is 4. The van der Waals surface area contributed by atoms with E-state index in [9.17, 15) is 17.2 Å². The first-order valence-corrected chi connectivity index (χ1v) is 9.82. The molecule has 142 valence electrons. The Bertz CT molecular complexity index is 1110. The fourth-order valence-corrected chi connectivity index (χ4v) is 4.42. The number of rotatable bonds is 4. The number of nitrogens with one attached hydrogen (secondary N) is 1. The molecule has 1 unspecified atom stereocenters. The number of nitrogens with zero attached hydrogens (tertiary/aromatic N) is 4. The molecular formula is C17H17F2N5O2S. The fourth-order valence-electron chi connectivity index (χ4n) is 3.17. The predicted octanol–water partition coefficient (Wildman–Crippen LogP) is 1.86. The number of hydrogen-bond acceptors (Lipinski definition) is 4. The summed E-state index contributed by atoms with van der Waals surface area (Å²) in [6, 6.07) is 3.02. The van der Waals surface area contributed by atoms with Gasteiger partial charge in [-0.3, -0.25) is 0 Å². The van der Waals surface area contributed by atoms with E-state index in [0.29, 0.717) is 25.1 Å². The summed E-state index contributed by atoms with van der Waals surface area (Å²) in [6.45, 7) is 0.372. The van der Waals surface area contributed by atoms with Crippen molar-refractivity contribution in [2.24, 2.45) is 7.05 Å². The lowest BCUT2D eigenvalue weighted by atomic mass is 10.1. The highest BCUT2D eigenvalue weighted by atomic mass is 32.2. The van der Waals surface area contributed by atoms with Crippen LogP contribution in [0.3, 0.4) is 0 Å². The molecule has 10 heteroatoms. The number of imidazole rings is 2. The molecule has 0 aliphatic carbocycles. The summed E-state index contributed by atoms with van der Waals surface area (Å²) < 4.78 is 58.0. The standard InChI is InChI=1S/C17H17F2N5O2S/c1-23-9-17(20-10-23)27(25,26)22-12-3-5-16-21-15(8-24(16)7-12)13-4-2-11(18)6-14(13)19/h2,4,6,8-10,12,22H,3,5,7H2,1H3. The number of benzene rings is 1. The first kappa shape index (κ1) is 17.8. The van der Waals surface area contributed by atoms with Crippen molar-refractivity contribution < 1.29 is 17.2 Å². The van der Waals surface area contributed by atoms with Crippen molar-refractivity contribution in [2.75, 3.05) is 0 Å². The molecular weight excluding hydrogens is 376 g/mol. The van der Waals surface area contributed by atoms with Crippen molar-refractivity contribution >= 4 is 10.0 Å². The molecule has 7 nitrogen and oxygen atoms in total. The average molecular weight is 393 g/mol. The Kier molecular flexibility index (Phi) is 4.31. The maximum atomic E-state index is 14.0. The molecule has 3 aromatic rings.